The van der Waals surface area contributed by atoms with E-state index in [4.69, 9.17) is 35.0 Å². The molecule has 0 atom stereocenters. The maximum Gasteiger partial charge on any atom is 1.00 e. The molecule has 0 unspecified atom stereocenters. The minimum absolute atomic E-state index is 0. The van der Waals surface area contributed by atoms with E-state index in [-0.39, 0.29) is 88.7 Å². The summed E-state index contributed by atoms with van der Waals surface area (Å²) in [6.45, 7) is 4.29. The van der Waals surface area contributed by atoms with Crippen molar-refractivity contribution in [2.75, 3.05) is 0 Å². The van der Waals surface area contributed by atoms with Crippen LogP contribution in [0.1, 0.15) is 20.8 Å². The van der Waals surface area contributed by atoms with Crippen molar-refractivity contribution in [1.29, 1.82) is 15.8 Å². The van der Waals surface area contributed by atoms with Gasteiger partial charge in [0, 0.05) is 20.8 Å². The van der Waals surface area contributed by atoms with Crippen LogP contribution in [0.2, 0.25) is 0 Å². The summed E-state index contributed by atoms with van der Waals surface area (Å²) in [6, 6.07) is 5.25. The molecule has 7 nitrogen and oxygen atoms in total. The fourth-order valence-electron chi connectivity index (χ4n) is 0. The van der Waals surface area contributed by atoms with Crippen molar-refractivity contribution in [2.24, 2.45) is 0 Å². The maximum absolute atomic E-state index is 8.55. The largest absolute Gasteiger partial charge is 1.00 e. The third-order valence-electron chi connectivity index (χ3n) is 0. The quantitative estimate of drug-likeness (QED) is 0.316. The molecule has 0 aliphatic heterocycles. The molecule has 0 N–H and O–H groups in total. The first-order valence-corrected chi connectivity index (χ1v) is 4.36. The predicted molar refractivity (Wildman–Crippen MR) is 41.5 cm³/mol. The molecular formula is C6H9N3Na3O4P. The Balaban J connectivity index is -0.0000000152. The zero-order valence-electron chi connectivity index (χ0n) is 10.9. The standard InChI is InChI=1S/3C2H3N.3Na.H3O4P/c3*1-2-3;;;;1-5(2,3)4/h3*1H3;;;;(H3,1,2,3,4)/q;;;3*+1;/p-3. The van der Waals surface area contributed by atoms with Crippen LogP contribution < -0.4 is 103 Å². The van der Waals surface area contributed by atoms with Crippen molar-refractivity contribution in [1.82, 2.24) is 0 Å². The van der Waals surface area contributed by atoms with Gasteiger partial charge in [0.05, 0.1) is 18.2 Å². The summed E-state index contributed by atoms with van der Waals surface area (Å²) in [5, 5.41) is 22.0. The first-order chi connectivity index (χ1) is 6.24. The van der Waals surface area contributed by atoms with E-state index < -0.39 is 7.82 Å². The van der Waals surface area contributed by atoms with Gasteiger partial charge in [-0.15, -0.1) is 0 Å². The summed E-state index contributed by atoms with van der Waals surface area (Å²) in [4.78, 5) is 25.6. The van der Waals surface area contributed by atoms with E-state index >= 15 is 0 Å². The zero-order chi connectivity index (χ0) is 12.6. The van der Waals surface area contributed by atoms with Crippen LogP contribution in [-0.4, -0.2) is 0 Å². The second-order valence-electron chi connectivity index (χ2n) is 1.12. The van der Waals surface area contributed by atoms with Crippen molar-refractivity contribution in [3.8, 4) is 18.2 Å². The number of hydrogen-bond acceptors (Lipinski definition) is 7. The summed E-state index contributed by atoms with van der Waals surface area (Å²) in [5.41, 5.74) is 0. The smallest absolute Gasteiger partial charge is 0.822 e. The summed E-state index contributed by atoms with van der Waals surface area (Å²) in [5.74, 6) is 0. The minimum Gasteiger partial charge on any atom is -0.822 e. The Morgan fingerprint density at radius 2 is 0.765 bits per heavy atom. The Bertz CT molecular complexity index is 228. The molecule has 0 saturated carbocycles. The van der Waals surface area contributed by atoms with E-state index in [0.717, 1.165) is 0 Å². The second-order valence-corrected chi connectivity index (χ2v) is 2.01. The van der Waals surface area contributed by atoms with Crippen LogP contribution in [0, 0.1) is 34.0 Å². The molecule has 0 heterocycles. The fourth-order valence-corrected chi connectivity index (χ4v) is 0. The summed E-state index contributed by atoms with van der Waals surface area (Å²) in [7, 11) is -5.39. The molecule has 0 spiro atoms. The Hall–Kier alpha value is 1.58. The van der Waals surface area contributed by atoms with Crippen LogP contribution in [-0.2, 0) is 4.57 Å². The SMILES string of the molecule is CC#N.CC#N.CC#N.O=P([O-])([O-])[O-].[Na+].[Na+].[Na+]. The van der Waals surface area contributed by atoms with E-state index in [0.29, 0.717) is 0 Å². The van der Waals surface area contributed by atoms with Crippen LogP contribution in [0.25, 0.3) is 0 Å². The Morgan fingerprint density at radius 3 is 0.765 bits per heavy atom. The summed E-state index contributed by atoms with van der Waals surface area (Å²) in [6.07, 6.45) is 0. The number of rotatable bonds is 0. The van der Waals surface area contributed by atoms with Gasteiger partial charge in [-0.25, -0.2) is 0 Å². The summed E-state index contributed by atoms with van der Waals surface area (Å²) < 4.78 is 8.55. The average molecular weight is 287 g/mol. The van der Waals surface area contributed by atoms with Gasteiger partial charge >= 0.3 is 88.7 Å². The van der Waals surface area contributed by atoms with Crippen molar-refractivity contribution in [3.05, 3.63) is 0 Å². The number of nitriles is 3. The van der Waals surface area contributed by atoms with Crippen molar-refractivity contribution >= 4 is 7.82 Å². The molecule has 11 heteroatoms. The molecule has 0 aromatic carbocycles. The van der Waals surface area contributed by atoms with Crippen LogP contribution in [0.5, 0.6) is 0 Å². The van der Waals surface area contributed by atoms with E-state index in [9.17, 15) is 0 Å². The van der Waals surface area contributed by atoms with Gasteiger partial charge < -0.3 is 19.2 Å². The predicted octanol–water partition coefficient (Wildman–Crippen LogP) is -10.2. The molecule has 0 bridgehead atoms. The molecule has 0 fully saturated rings. The van der Waals surface area contributed by atoms with Gasteiger partial charge in [0.25, 0.3) is 0 Å². The van der Waals surface area contributed by atoms with Crippen LogP contribution >= 0.6 is 7.82 Å². The number of phosphoric acid groups is 1. The second kappa shape index (κ2) is 43.2. The van der Waals surface area contributed by atoms with Gasteiger partial charge in [-0.2, -0.15) is 23.6 Å². The fraction of sp³-hybridized carbons (Fsp3) is 0.500. The third-order valence-corrected chi connectivity index (χ3v) is 0. The molecule has 0 aliphatic rings. The Morgan fingerprint density at radius 1 is 0.765 bits per heavy atom. The van der Waals surface area contributed by atoms with Gasteiger partial charge in [0.15, 0.2) is 0 Å². The normalized spacial score (nSPS) is 4.88. The molecule has 0 aliphatic carbocycles. The average Bonchev–Trinajstić information content (AvgIpc) is 1.86. The van der Waals surface area contributed by atoms with Crippen LogP contribution in [0.3, 0.4) is 0 Å². The van der Waals surface area contributed by atoms with Gasteiger partial charge in [-0.05, 0) is 0 Å². The third kappa shape index (κ3) is 1710. The van der Waals surface area contributed by atoms with Gasteiger partial charge in [0.2, 0.25) is 0 Å². The van der Waals surface area contributed by atoms with Crippen molar-refractivity contribution < 1.29 is 108 Å². The molecule has 80 valence electrons. The summed E-state index contributed by atoms with van der Waals surface area (Å²) >= 11 is 0. The topological polar surface area (TPSA) is 158 Å². The van der Waals surface area contributed by atoms with E-state index in [2.05, 4.69) is 0 Å². The van der Waals surface area contributed by atoms with Gasteiger partial charge in [0.1, 0.15) is 0 Å². The molecule has 17 heavy (non-hydrogen) atoms. The van der Waals surface area contributed by atoms with E-state index in [1.165, 1.54) is 20.8 Å². The molecular weight excluding hydrogens is 278 g/mol. The van der Waals surface area contributed by atoms with Crippen LogP contribution in [0.4, 0.5) is 0 Å². The first-order valence-electron chi connectivity index (χ1n) is 2.90. The monoisotopic (exact) mass is 287 g/mol. The molecule has 0 rings (SSSR count). The molecule has 0 aromatic rings. The maximum atomic E-state index is 8.55. The van der Waals surface area contributed by atoms with E-state index in [1.807, 2.05) is 0 Å². The van der Waals surface area contributed by atoms with Crippen molar-refractivity contribution in [2.45, 2.75) is 20.8 Å². The first kappa shape index (κ1) is 42.8. The van der Waals surface area contributed by atoms with Gasteiger partial charge in [-0.1, -0.05) is 0 Å². The minimum atomic E-state index is -5.39. The molecule has 0 amide bonds. The van der Waals surface area contributed by atoms with E-state index in [1.54, 1.807) is 18.2 Å². The van der Waals surface area contributed by atoms with Crippen LogP contribution in [0.15, 0.2) is 0 Å². The number of hydrogen-bond donors (Lipinski definition) is 0. The van der Waals surface area contributed by atoms with Crippen molar-refractivity contribution in [3.63, 3.8) is 0 Å². The Labute approximate surface area is 168 Å². The van der Waals surface area contributed by atoms with Gasteiger partial charge in [-0.3, -0.25) is 0 Å². The molecule has 0 radical (unpaired) electrons. The molecule has 0 aromatic heterocycles. The Kier molecular flexibility index (Phi) is 109. The zero-order valence-corrected chi connectivity index (χ0v) is 17.8. The number of nitrogens with zero attached hydrogens (tertiary/aromatic N) is 3. The molecule has 0 saturated heterocycles.